The van der Waals surface area contributed by atoms with E-state index in [0.29, 0.717) is 23.2 Å². The van der Waals surface area contributed by atoms with Gasteiger partial charge in [-0.25, -0.2) is 4.39 Å². The Hall–Kier alpha value is -3.82. The molecule has 0 aromatic heterocycles. The van der Waals surface area contributed by atoms with Crippen LogP contribution in [0.2, 0.25) is 5.02 Å². The first-order valence-corrected chi connectivity index (χ1v) is 12.5. The van der Waals surface area contributed by atoms with E-state index in [1.54, 1.807) is 18.2 Å². The van der Waals surface area contributed by atoms with Crippen molar-refractivity contribution in [1.82, 2.24) is 10.6 Å². The molecule has 1 saturated heterocycles. The molecule has 3 aromatic rings. The summed E-state index contributed by atoms with van der Waals surface area (Å²) in [5.74, 6) is -1.06. The van der Waals surface area contributed by atoms with Gasteiger partial charge in [0.1, 0.15) is 11.6 Å². The van der Waals surface area contributed by atoms with Crippen LogP contribution >= 0.6 is 11.6 Å². The number of methoxy groups -OCH3 is 2. The lowest BCUT2D eigenvalue weighted by Gasteiger charge is -2.37. The number of nitrogen functional groups attached to an aromatic ring is 1. The average Bonchev–Trinajstić information content (AvgIpc) is 2.88. The second kappa shape index (κ2) is 11.3. The predicted molar refractivity (Wildman–Crippen MR) is 149 cm³/mol. The van der Waals surface area contributed by atoms with Crippen LogP contribution in [0.4, 0.5) is 15.8 Å². The molecule has 1 fully saturated rings. The number of hydrogen-bond donors (Lipinski definition) is 4. The highest BCUT2D eigenvalue weighted by atomic mass is 35.5. The largest absolute Gasteiger partial charge is 0.495 e. The highest BCUT2D eigenvalue weighted by Gasteiger charge is 2.23. The maximum absolute atomic E-state index is 15.1. The summed E-state index contributed by atoms with van der Waals surface area (Å²) in [5.41, 5.74) is 8.55. The van der Waals surface area contributed by atoms with Gasteiger partial charge in [-0.2, -0.15) is 0 Å². The van der Waals surface area contributed by atoms with Crippen molar-refractivity contribution < 1.29 is 18.7 Å². The summed E-state index contributed by atoms with van der Waals surface area (Å²) in [5, 5.41) is 14.6. The second-order valence-electron chi connectivity index (χ2n) is 9.34. The van der Waals surface area contributed by atoms with Gasteiger partial charge < -0.3 is 30.7 Å². The third kappa shape index (κ3) is 5.54. The lowest BCUT2D eigenvalue weighted by Crippen LogP contribution is -2.54. The molecule has 2 atom stereocenters. The number of amidine groups is 1. The highest BCUT2D eigenvalue weighted by Crippen LogP contribution is 2.42. The number of nitrogens with one attached hydrogen (secondary N) is 3. The second-order valence-corrected chi connectivity index (χ2v) is 9.71. The Labute approximate surface area is 226 Å². The van der Waals surface area contributed by atoms with Crippen molar-refractivity contribution >= 4 is 34.7 Å². The number of ether oxygens (including phenoxy) is 2. The van der Waals surface area contributed by atoms with E-state index >= 15 is 4.39 Å². The molecule has 0 saturated carbocycles. The fourth-order valence-electron chi connectivity index (χ4n) is 4.70. The number of rotatable bonds is 6. The molecule has 0 spiro atoms. The number of nitrogens with two attached hydrogens (primary N) is 1. The van der Waals surface area contributed by atoms with Crippen LogP contribution in [0.1, 0.15) is 29.8 Å². The van der Waals surface area contributed by atoms with Gasteiger partial charge in [0.05, 0.1) is 19.2 Å². The Bertz CT molecular complexity index is 1330. The summed E-state index contributed by atoms with van der Waals surface area (Å²) >= 11 is 6.38. The van der Waals surface area contributed by atoms with Crippen molar-refractivity contribution in [1.29, 1.82) is 5.41 Å². The van der Waals surface area contributed by atoms with E-state index < -0.39 is 11.7 Å². The highest BCUT2D eigenvalue weighted by molar-refractivity contribution is 6.35. The molecule has 4 rings (SSSR count). The summed E-state index contributed by atoms with van der Waals surface area (Å²) in [6.07, 6.45) is 0. The Kier molecular flexibility index (Phi) is 8.08. The number of carbonyl (C=O) groups is 1. The van der Waals surface area contributed by atoms with Crippen molar-refractivity contribution in [2.75, 3.05) is 37.9 Å². The Morgan fingerprint density at radius 1 is 1.08 bits per heavy atom. The first kappa shape index (κ1) is 27.2. The van der Waals surface area contributed by atoms with Gasteiger partial charge in [0, 0.05) is 59.3 Å². The summed E-state index contributed by atoms with van der Waals surface area (Å²) in [6.45, 7) is 6.06. The first-order valence-electron chi connectivity index (χ1n) is 12.1. The topological polar surface area (TPSA) is 113 Å². The van der Waals surface area contributed by atoms with Crippen LogP contribution in [0.5, 0.6) is 11.5 Å². The molecule has 5 N–H and O–H groups in total. The summed E-state index contributed by atoms with van der Waals surface area (Å²) in [7, 11) is 2.76. The van der Waals surface area contributed by atoms with E-state index in [4.69, 9.17) is 32.2 Å². The van der Waals surface area contributed by atoms with E-state index in [1.807, 2.05) is 12.1 Å². The van der Waals surface area contributed by atoms with Gasteiger partial charge in [-0.3, -0.25) is 10.2 Å². The zero-order valence-corrected chi connectivity index (χ0v) is 22.4. The van der Waals surface area contributed by atoms with Gasteiger partial charge in [-0.1, -0.05) is 17.7 Å². The lowest BCUT2D eigenvalue weighted by molar-refractivity contribution is 0.0977. The van der Waals surface area contributed by atoms with E-state index in [2.05, 4.69) is 29.4 Å². The van der Waals surface area contributed by atoms with E-state index in [0.717, 1.165) is 18.8 Å². The molecule has 0 radical (unpaired) electrons. The smallest absolute Gasteiger partial charge is 0.256 e. The van der Waals surface area contributed by atoms with Crippen molar-refractivity contribution in [2.45, 2.75) is 25.9 Å². The molecule has 1 amide bonds. The quantitative estimate of drug-likeness (QED) is 0.205. The van der Waals surface area contributed by atoms with Gasteiger partial charge in [-0.05, 0) is 55.8 Å². The molecule has 1 aliphatic rings. The Morgan fingerprint density at radius 3 is 2.29 bits per heavy atom. The van der Waals surface area contributed by atoms with Crippen molar-refractivity contribution in [3.63, 3.8) is 0 Å². The zero-order chi connectivity index (χ0) is 27.6. The van der Waals surface area contributed by atoms with Crippen LogP contribution in [-0.2, 0) is 0 Å². The van der Waals surface area contributed by atoms with Crippen LogP contribution in [0.25, 0.3) is 11.1 Å². The third-order valence-electron chi connectivity index (χ3n) is 6.47. The fourth-order valence-corrected chi connectivity index (χ4v) is 5.02. The molecule has 0 aliphatic carbocycles. The third-order valence-corrected chi connectivity index (χ3v) is 6.85. The normalized spacial score (nSPS) is 17.2. The van der Waals surface area contributed by atoms with Crippen LogP contribution in [0.15, 0.2) is 48.5 Å². The average molecular weight is 540 g/mol. The minimum Gasteiger partial charge on any atom is -0.495 e. The number of nitrogens with zero attached hydrogens (tertiary/aromatic N) is 1. The monoisotopic (exact) mass is 539 g/mol. The molecular formula is C28H31ClFN5O3. The minimum absolute atomic E-state index is 0.0316. The van der Waals surface area contributed by atoms with Gasteiger partial charge >= 0.3 is 0 Å². The summed E-state index contributed by atoms with van der Waals surface area (Å²) < 4.78 is 25.4. The van der Waals surface area contributed by atoms with Gasteiger partial charge in [0.15, 0.2) is 11.6 Å². The molecule has 10 heteroatoms. The van der Waals surface area contributed by atoms with E-state index in [9.17, 15) is 4.79 Å². The number of anilines is 2. The number of hydrogen-bond acceptors (Lipinski definition) is 7. The van der Waals surface area contributed by atoms with Gasteiger partial charge in [0.2, 0.25) is 0 Å². The summed E-state index contributed by atoms with van der Waals surface area (Å²) in [4.78, 5) is 15.1. The van der Waals surface area contributed by atoms with Crippen molar-refractivity contribution in [3.05, 3.63) is 70.5 Å². The number of carbonyl (C=O) groups excluding carboxylic acids is 1. The molecule has 3 aromatic carbocycles. The maximum Gasteiger partial charge on any atom is 0.256 e. The Balaban J connectivity index is 1.51. The minimum atomic E-state index is -0.665. The molecule has 38 heavy (non-hydrogen) atoms. The lowest BCUT2D eigenvalue weighted by atomic mass is 10.0. The predicted octanol–water partition coefficient (Wildman–Crippen LogP) is 4.69. The molecule has 1 heterocycles. The molecule has 0 bridgehead atoms. The zero-order valence-electron chi connectivity index (χ0n) is 21.7. The molecule has 1 aliphatic heterocycles. The number of benzene rings is 3. The first-order chi connectivity index (χ1) is 18.1. The number of halogens is 2. The Morgan fingerprint density at radius 2 is 1.71 bits per heavy atom. The molecule has 8 nitrogen and oxygen atoms in total. The van der Waals surface area contributed by atoms with Crippen LogP contribution in [0, 0.1) is 11.2 Å². The molecular weight excluding hydrogens is 509 g/mol. The van der Waals surface area contributed by atoms with Crippen LogP contribution in [0.3, 0.4) is 0 Å². The van der Waals surface area contributed by atoms with Gasteiger partial charge in [0.25, 0.3) is 5.91 Å². The number of piperazine rings is 1. The molecule has 200 valence electrons. The van der Waals surface area contributed by atoms with E-state index in [1.165, 1.54) is 32.4 Å². The standard InChI is InChI=1S/C28H31ClFN5O3/c1-15-13-35(14-16(2)33-15)19-8-5-17(6-9-19)28(36)34-27(32)20-10-7-18(11-21(20)31)24-25(29)22(37-3)12-23(38-4)26(24)30/h5-12,15-16,33H,13-14,31H2,1-4H3,(H2,32,34,36)/t15-,16+. The SMILES string of the molecule is COc1cc(OC)c(Cl)c(-c2ccc(C(=N)NC(=O)c3ccc(N4C[C@@H](C)N[C@@H](C)C4)cc3)c(N)c2)c1F. The number of amides is 1. The van der Waals surface area contributed by atoms with Crippen molar-refractivity contribution in [3.8, 4) is 22.6 Å². The van der Waals surface area contributed by atoms with Crippen LogP contribution in [-0.4, -0.2) is 51.1 Å². The molecule has 0 unspecified atom stereocenters. The van der Waals surface area contributed by atoms with Gasteiger partial charge in [-0.15, -0.1) is 0 Å². The van der Waals surface area contributed by atoms with E-state index in [-0.39, 0.29) is 39.2 Å². The summed E-state index contributed by atoms with van der Waals surface area (Å²) in [6, 6.07) is 14.0. The maximum atomic E-state index is 15.1. The van der Waals surface area contributed by atoms with Crippen LogP contribution < -0.4 is 30.7 Å². The fraction of sp³-hybridized carbons (Fsp3) is 0.286. The van der Waals surface area contributed by atoms with Crippen molar-refractivity contribution in [2.24, 2.45) is 0 Å².